The molecule has 0 unspecified atom stereocenters. The Hall–Kier alpha value is -6.41. The molecule has 0 spiro atoms. The molecule has 1 aliphatic rings. The maximum absolute atomic E-state index is 15.6. The number of para-hydroxylation sites is 4. The van der Waals surface area contributed by atoms with E-state index >= 15 is 4.57 Å². The summed E-state index contributed by atoms with van der Waals surface area (Å²) in [4.78, 5) is 2.39. The highest BCUT2D eigenvalue weighted by molar-refractivity contribution is 7.85. The highest BCUT2D eigenvalue weighted by atomic mass is 31.2. The van der Waals surface area contributed by atoms with E-state index in [1.54, 1.807) is 0 Å². The molecule has 2 heterocycles. The molecule has 0 bridgehead atoms. The number of nitrogens with zero attached hydrogens (tertiary/aromatic N) is 2. The monoisotopic (exact) mass is 684 g/mol. The lowest BCUT2D eigenvalue weighted by Crippen LogP contribution is -2.24. The van der Waals surface area contributed by atoms with Gasteiger partial charge in [-0.25, -0.2) is 0 Å². The zero-order valence-corrected chi connectivity index (χ0v) is 29.2. The van der Waals surface area contributed by atoms with Crippen molar-refractivity contribution < 1.29 is 4.57 Å². The van der Waals surface area contributed by atoms with Gasteiger partial charge in [-0.2, -0.15) is 0 Å². The van der Waals surface area contributed by atoms with E-state index in [9.17, 15) is 0 Å². The van der Waals surface area contributed by atoms with Crippen LogP contribution in [0.25, 0.3) is 49.7 Å². The van der Waals surface area contributed by atoms with Crippen LogP contribution in [0.1, 0.15) is 0 Å². The Morgan fingerprint density at radius 1 is 0.385 bits per heavy atom. The zero-order valence-electron chi connectivity index (χ0n) is 28.3. The lowest BCUT2D eigenvalue weighted by atomic mass is 9.92. The second-order valence-electron chi connectivity index (χ2n) is 13.2. The Labute approximate surface area is 303 Å². The minimum Gasteiger partial charge on any atom is -0.309 e. The maximum atomic E-state index is 15.6. The molecule has 9 aromatic rings. The molecule has 0 fully saturated rings. The number of aromatic nitrogens is 1. The van der Waals surface area contributed by atoms with Gasteiger partial charge in [-0.15, -0.1) is 0 Å². The first-order chi connectivity index (χ1) is 25.7. The third kappa shape index (κ3) is 4.57. The van der Waals surface area contributed by atoms with Crippen molar-refractivity contribution in [3.8, 4) is 27.9 Å². The summed E-state index contributed by atoms with van der Waals surface area (Å²) in [6.45, 7) is 0. The Morgan fingerprint density at radius 2 is 0.904 bits per heavy atom. The fourth-order valence-electron chi connectivity index (χ4n) is 8.12. The Morgan fingerprint density at radius 3 is 1.54 bits per heavy atom. The molecule has 1 aromatic heterocycles. The van der Waals surface area contributed by atoms with Crippen LogP contribution in [-0.4, -0.2) is 4.57 Å². The van der Waals surface area contributed by atoms with Gasteiger partial charge < -0.3 is 14.0 Å². The van der Waals surface area contributed by atoms with Gasteiger partial charge in [0.2, 0.25) is 0 Å². The SMILES string of the molecule is O=P(c1ccccc1)(c1ccccc1)c1ccc2c(c1)c1ccc3c(c1n2-c1ccccc1)-c1ccccc1N(c1ccccc1)c1ccccc1-3. The first-order valence-electron chi connectivity index (χ1n) is 17.6. The minimum atomic E-state index is -3.21. The van der Waals surface area contributed by atoms with Crippen LogP contribution in [0.4, 0.5) is 17.1 Å². The summed E-state index contributed by atoms with van der Waals surface area (Å²) in [6.07, 6.45) is 0. The summed E-state index contributed by atoms with van der Waals surface area (Å²) in [5.41, 5.74) is 11.3. The molecule has 0 atom stereocenters. The fraction of sp³-hybridized carbons (Fsp3) is 0. The molecule has 10 rings (SSSR count). The molecule has 3 nitrogen and oxygen atoms in total. The normalized spacial score (nSPS) is 12.3. The van der Waals surface area contributed by atoms with E-state index in [0.717, 1.165) is 66.0 Å². The van der Waals surface area contributed by atoms with E-state index in [0.29, 0.717) is 0 Å². The van der Waals surface area contributed by atoms with E-state index in [2.05, 4.69) is 149 Å². The molecule has 246 valence electrons. The standard InChI is InChI=1S/C48H33N2OP/c51-52(36-21-9-3-10-22-36,37-23-11-4-12-24-37)38-29-32-46-43(33-38)41-31-30-40-39-25-13-15-27-44(39)49(34-17-5-1-6-18-34)45-28-16-14-26-42(45)47(40)48(41)50(46)35-19-7-2-8-20-35/h1-33H. The van der Waals surface area contributed by atoms with E-state index in [1.165, 1.54) is 16.7 Å². The summed E-state index contributed by atoms with van der Waals surface area (Å²) >= 11 is 0. The van der Waals surface area contributed by atoms with Crippen molar-refractivity contribution in [2.24, 2.45) is 0 Å². The predicted octanol–water partition coefficient (Wildman–Crippen LogP) is 11.5. The van der Waals surface area contributed by atoms with Crippen LogP contribution in [0.3, 0.4) is 0 Å². The molecule has 8 aromatic carbocycles. The highest BCUT2D eigenvalue weighted by Crippen LogP contribution is 2.54. The quantitative estimate of drug-likeness (QED) is 0.169. The van der Waals surface area contributed by atoms with Crippen molar-refractivity contribution in [2.75, 3.05) is 4.90 Å². The summed E-state index contributed by atoms with van der Waals surface area (Å²) in [6, 6.07) is 69.6. The first kappa shape index (κ1) is 30.4. The van der Waals surface area contributed by atoms with E-state index in [4.69, 9.17) is 0 Å². The maximum Gasteiger partial charge on any atom is 0.171 e. The lowest BCUT2D eigenvalue weighted by Gasteiger charge is -2.27. The van der Waals surface area contributed by atoms with E-state index < -0.39 is 7.14 Å². The average Bonchev–Trinajstić information content (AvgIpc) is 3.49. The van der Waals surface area contributed by atoms with E-state index in [-0.39, 0.29) is 0 Å². The van der Waals surface area contributed by atoms with Crippen molar-refractivity contribution in [3.63, 3.8) is 0 Å². The third-order valence-corrected chi connectivity index (χ3v) is 13.5. The Bertz CT molecular complexity index is 2770. The molecule has 0 aliphatic carbocycles. The van der Waals surface area contributed by atoms with Crippen LogP contribution in [-0.2, 0) is 4.57 Å². The molecule has 0 saturated carbocycles. The molecule has 52 heavy (non-hydrogen) atoms. The van der Waals surface area contributed by atoms with Gasteiger partial charge >= 0.3 is 0 Å². The molecule has 4 heteroatoms. The molecule has 0 saturated heterocycles. The summed E-state index contributed by atoms with van der Waals surface area (Å²) in [5.74, 6) is 0. The number of benzene rings is 8. The number of hydrogen-bond donors (Lipinski definition) is 0. The van der Waals surface area contributed by atoms with Crippen LogP contribution < -0.4 is 20.8 Å². The van der Waals surface area contributed by atoms with Gasteiger partial charge in [0.25, 0.3) is 0 Å². The summed E-state index contributed by atoms with van der Waals surface area (Å²) < 4.78 is 18.0. The van der Waals surface area contributed by atoms with Crippen LogP contribution in [0.15, 0.2) is 200 Å². The lowest BCUT2D eigenvalue weighted by molar-refractivity contribution is 0.592. The predicted molar refractivity (Wildman–Crippen MR) is 219 cm³/mol. The topological polar surface area (TPSA) is 25.2 Å². The summed E-state index contributed by atoms with van der Waals surface area (Å²) in [7, 11) is -3.21. The van der Waals surface area contributed by atoms with Crippen molar-refractivity contribution in [1.82, 2.24) is 4.57 Å². The molecule has 0 amide bonds. The molecule has 1 aliphatic heterocycles. The van der Waals surface area contributed by atoms with Crippen LogP contribution >= 0.6 is 7.14 Å². The third-order valence-electron chi connectivity index (χ3n) is 10.4. The smallest absolute Gasteiger partial charge is 0.171 e. The number of rotatable bonds is 5. The van der Waals surface area contributed by atoms with Crippen LogP contribution in [0.2, 0.25) is 0 Å². The average molecular weight is 685 g/mol. The van der Waals surface area contributed by atoms with Crippen molar-refractivity contribution in [2.45, 2.75) is 0 Å². The second-order valence-corrected chi connectivity index (χ2v) is 16.0. The second kappa shape index (κ2) is 12.1. The van der Waals surface area contributed by atoms with Crippen molar-refractivity contribution in [3.05, 3.63) is 200 Å². The molecule has 0 N–H and O–H groups in total. The number of hydrogen-bond acceptors (Lipinski definition) is 2. The summed E-state index contributed by atoms with van der Waals surface area (Å²) in [5, 5.41) is 4.66. The first-order valence-corrected chi connectivity index (χ1v) is 19.3. The van der Waals surface area contributed by atoms with Gasteiger partial charge in [-0.3, -0.25) is 0 Å². The number of fused-ring (bicyclic) bond motifs is 9. The molecular weight excluding hydrogens is 652 g/mol. The van der Waals surface area contributed by atoms with Crippen molar-refractivity contribution >= 4 is 61.9 Å². The van der Waals surface area contributed by atoms with Crippen LogP contribution in [0.5, 0.6) is 0 Å². The highest BCUT2D eigenvalue weighted by Gasteiger charge is 2.32. The fourth-order valence-corrected chi connectivity index (χ4v) is 10.8. The minimum absolute atomic E-state index is 0.820. The molecule has 0 radical (unpaired) electrons. The number of anilines is 3. The van der Waals surface area contributed by atoms with Crippen LogP contribution in [0, 0.1) is 0 Å². The Balaban J connectivity index is 1.34. The zero-order chi connectivity index (χ0) is 34.6. The van der Waals surface area contributed by atoms with Gasteiger partial charge in [0, 0.05) is 54.8 Å². The van der Waals surface area contributed by atoms with Gasteiger partial charge in [0.1, 0.15) is 0 Å². The van der Waals surface area contributed by atoms with Gasteiger partial charge in [0.05, 0.1) is 22.4 Å². The molecular formula is C48H33N2OP. The van der Waals surface area contributed by atoms with E-state index in [1.807, 2.05) is 60.7 Å². The van der Waals surface area contributed by atoms with Gasteiger partial charge in [-0.05, 0) is 60.2 Å². The van der Waals surface area contributed by atoms with Crippen molar-refractivity contribution in [1.29, 1.82) is 0 Å². The Kier molecular flexibility index (Phi) is 7.09. The van der Waals surface area contributed by atoms with Gasteiger partial charge in [-0.1, -0.05) is 146 Å². The largest absolute Gasteiger partial charge is 0.309 e. The van der Waals surface area contributed by atoms with Gasteiger partial charge in [0.15, 0.2) is 7.14 Å².